The van der Waals surface area contributed by atoms with Crippen molar-refractivity contribution < 1.29 is 9.53 Å². The first-order valence-electron chi connectivity index (χ1n) is 7.96. The molecule has 1 heterocycles. The molecule has 2 rings (SSSR count). The summed E-state index contributed by atoms with van der Waals surface area (Å²) < 4.78 is 5.86. The summed E-state index contributed by atoms with van der Waals surface area (Å²) in [5, 5.41) is 3.20. The maximum absolute atomic E-state index is 12.9. The number of carbonyl (C=O) groups is 1. The summed E-state index contributed by atoms with van der Waals surface area (Å²) in [6, 6.07) is 0. The Morgan fingerprint density at radius 2 is 2.00 bits per heavy atom. The Labute approximate surface area is 122 Å². The Hall–Kier alpha value is -0.610. The minimum Gasteiger partial charge on any atom is -0.377 e. The third-order valence-corrected chi connectivity index (χ3v) is 6.04. The molecule has 1 aliphatic heterocycles. The van der Waals surface area contributed by atoms with E-state index in [0.29, 0.717) is 0 Å². The van der Waals surface area contributed by atoms with E-state index in [2.05, 4.69) is 39.9 Å². The molecule has 4 heteroatoms. The number of nitrogens with two attached hydrogens (primary N) is 1. The number of nitrogens with one attached hydrogen (secondary N) is 1. The lowest BCUT2D eigenvalue weighted by atomic mass is 9.46. The topological polar surface area (TPSA) is 64.4 Å². The molecule has 0 aromatic heterocycles. The fraction of sp³-hybridized carbons (Fsp3) is 0.938. The second-order valence-electron chi connectivity index (χ2n) is 7.35. The van der Waals surface area contributed by atoms with Gasteiger partial charge in [-0.1, -0.05) is 27.7 Å². The summed E-state index contributed by atoms with van der Waals surface area (Å²) in [6.45, 7) is 11.2. The van der Waals surface area contributed by atoms with Crippen LogP contribution in [-0.4, -0.2) is 29.7 Å². The number of amides is 1. The van der Waals surface area contributed by atoms with E-state index < -0.39 is 5.54 Å². The minimum absolute atomic E-state index is 0.000417. The highest BCUT2D eigenvalue weighted by atomic mass is 16.5. The van der Waals surface area contributed by atoms with Crippen LogP contribution in [0.25, 0.3) is 0 Å². The summed E-state index contributed by atoms with van der Waals surface area (Å²) in [7, 11) is 0. The van der Waals surface area contributed by atoms with Crippen molar-refractivity contribution in [3.8, 4) is 0 Å². The molecule has 1 aliphatic carbocycles. The van der Waals surface area contributed by atoms with E-state index in [-0.39, 0.29) is 28.9 Å². The van der Waals surface area contributed by atoms with Gasteiger partial charge in [0.25, 0.3) is 0 Å². The van der Waals surface area contributed by atoms with Crippen LogP contribution in [-0.2, 0) is 9.53 Å². The molecule has 116 valence electrons. The Balaban J connectivity index is 2.19. The molecule has 1 saturated carbocycles. The van der Waals surface area contributed by atoms with Gasteiger partial charge in [0.2, 0.25) is 5.91 Å². The zero-order valence-electron chi connectivity index (χ0n) is 13.6. The van der Waals surface area contributed by atoms with Crippen molar-refractivity contribution in [2.45, 2.75) is 77.5 Å². The molecule has 0 aromatic carbocycles. The van der Waals surface area contributed by atoms with Gasteiger partial charge in [-0.25, -0.2) is 0 Å². The molecule has 20 heavy (non-hydrogen) atoms. The van der Waals surface area contributed by atoms with Crippen LogP contribution in [0.4, 0.5) is 0 Å². The number of fused-ring (bicyclic) bond motifs is 1. The molecule has 3 unspecified atom stereocenters. The number of rotatable bonds is 4. The Bertz CT molecular complexity index is 390. The second kappa shape index (κ2) is 4.99. The average Bonchev–Trinajstić information content (AvgIpc) is 2.46. The normalized spacial score (nSPS) is 35.9. The number of carbonyl (C=O) groups excluding carboxylic acids is 1. The van der Waals surface area contributed by atoms with E-state index in [4.69, 9.17) is 10.5 Å². The van der Waals surface area contributed by atoms with Crippen LogP contribution in [0, 0.1) is 11.3 Å². The van der Waals surface area contributed by atoms with E-state index in [1.54, 1.807) is 0 Å². The van der Waals surface area contributed by atoms with E-state index in [1.807, 2.05) is 0 Å². The van der Waals surface area contributed by atoms with Gasteiger partial charge in [-0.3, -0.25) is 4.79 Å². The standard InChI is InChI=1S/C16H30N2O2/c1-6-15(5,7-2)18-13(19)16(17)11-9-8-10-20-12(11)14(16,3)4/h11-12H,6-10,17H2,1-5H3,(H,18,19). The van der Waals surface area contributed by atoms with Crippen molar-refractivity contribution in [2.75, 3.05) is 6.61 Å². The summed E-state index contributed by atoms with van der Waals surface area (Å²) in [5.41, 5.74) is 5.33. The van der Waals surface area contributed by atoms with Crippen LogP contribution in [0.3, 0.4) is 0 Å². The summed E-state index contributed by atoms with van der Waals surface area (Å²) in [6.07, 6.45) is 3.95. The summed E-state index contributed by atoms with van der Waals surface area (Å²) in [5.74, 6) is 0.157. The van der Waals surface area contributed by atoms with Crippen molar-refractivity contribution in [3.05, 3.63) is 0 Å². The van der Waals surface area contributed by atoms with Crippen molar-refractivity contribution in [2.24, 2.45) is 17.1 Å². The Morgan fingerprint density at radius 3 is 2.55 bits per heavy atom. The van der Waals surface area contributed by atoms with Crippen LogP contribution in [0.2, 0.25) is 0 Å². The van der Waals surface area contributed by atoms with Gasteiger partial charge >= 0.3 is 0 Å². The maximum atomic E-state index is 12.9. The highest BCUT2D eigenvalue weighted by Gasteiger charge is 2.70. The molecular formula is C16H30N2O2. The molecule has 0 spiro atoms. The lowest BCUT2D eigenvalue weighted by Gasteiger charge is -2.65. The van der Waals surface area contributed by atoms with Crippen LogP contribution in [0.1, 0.15) is 60.3 Å². The predicted octanol–water partition coefficient (Wildman–Crippen LogP) is 2.21. The SMILES string of the molecule is CCC(C)(CC)NC(=O)C1(N)C2CCCOC2C1(C)C. The van der Waals surface area contributed by atoms with E-state index in [0.717, 1.165) is 32.3 Å². The third-order valence-electron chi connectivity index (χ3n) is 6.04. The van der Waals surface area contributed by atoms with E-state index in [1.165, 1.54) is 0 Å². The number of hydrogen-bond acceptors (Lipinski definition) is 3. The van der Waals surface area contributed by atoms with Gasteiger partial charge in [0.15, 0.2) is 0 Å². The van der Waals surface area contributed by atoms with Crippen molar-refractivity contribution in [1.29, 1.82) is 0 Å². The largest absolute Gasteiger partial charge is 0.377 e. The lowest BCUT2D eigenvalue weighted by molar-refractivity contribution is -0.226. The fourth-order valence-electron chi connectivity index (χ4n) is 3.84. The molecule has 0 bridgehead atoms. The maximum Gasteiger partial charge on any atom is 0.241 e. The minimum atomic E-state index is -0.802. The molecule has 0 aromatic rings. The highest BCUT2D eigenvalue weighted by molar-refractivity contribution is 5.90. The first-order chi connectivity index (χ1) is 9.23. The van der Waals surface area contributed by atoms with Crippen molar-refractivity contribution >= 4 is 5.91 Å². The Morgan fingerprint density at radius 1 is 1.40 bits per heavy atom. The van der Waals surface area contributed by atoms with Gasteiger partial charge in [-0.05, 0) is 32.6 Å². The molecule has 1 saturated heterocycles. The van der Waals surface area contributed by atoms with Gasteiger partial charge in [0, 0.05) is 23.5 Å². The molecule has 3 atom stereocenters. The molecule has 2 fully saturated rings. The molecular weight excluding hydrogens is 252 g/mol. The second-order valence-corrected chi connectivity index (χ2v) is 7.35. The number of ether oxygens (including phenoxy) is 1. The molecule has 2 aliphatic rings. The summed E-state index contributed by atoms with van der Waals surface area (Å²) in [4.78, 5) is 12.9. The predicted molar refractivity (Wildman–Crippen MR) is 80.3 cm³/mol. The average molecular weight is 282 g/mol. The smallest absolute Gasteiger partial charge is 0.241 e. The van der Waals surface area contributed by atoms with Crippen molar-refractivity contribution in [1.82, 2.24) is 5.32 Å². The monoisotopic (exact) mass is 282 g/mol. The lowest BCUT2D eigenvalue weighted by Crippen LogP contribution is -2.83. The van der Waals surface area contributed by atoms with Crippen LogP contribution in [0.5, 0.6) is 0 Å². The zero-order chi connectivity index (χ0) is 15.2. The van der Waals surface area contributed by atoms with E-state index in [9.17, 15) is 4.79 Å². The quantitative estimate of drug-likeness (QED) is 0.831. The summed E-state index contributed by atoms with van der Waals surface area (Å²) >= 11 is 0. The molecule has 1 amide bonds. The van der Waals surface area contributed by atoms with Gasteiger partial charge in [-0.15, -0.1) is 0 Å². The van der Waals surface area contributed by atoms with Gasteiger partial charge in [-0.2, -0.15) is 0 Å². The van der Waals surface area contributed by atoms with Gasteiger partial charge < -0.3 is 15.8 Å². The van der Waals surface area contributed by atoms with Crippen LogP contribution < -0.4 is 11.1 Å². The molecule has 3 N–H and O–H groups in total. The molecule has 4 nitrogen and oxygen atoms in total. The first kappa shape index (κ1) is 15.8. The zero-order valence-corrected chi connectivity index (χ0v) is 13.6. The van der Waals surface area contributed by atoms with Gasteiger partial charge in [0.1, 0.15) is 5.54 Å². The fourth-order valence-corrected chi connectivity index (χ4v) is 3.84. The molecule has 0 radical (unpaired) electrons. The van der Waals surface area contributed by atoms with Gasteiger partial charge in [0.05, 0.1) is 6.10 Å². The van der Waals surface area contributed by atoms with Crippen molar-refractivity contribution in [3.63, 3.8) is 0 Å². The third kappa shape index (κ3) is 2.00. The van der Waals surface area contributed by atoms with Crippen LogP contribution in [0.15, 0.2) is 0 Å². The first-order valence-corrected chi connectivity index (χ1v) is 7.96. The number of hydrogen-bond donors (Lipinski definition) is 2. The van der Waals surface area contributed by atoms with Crippen LogP contribution >= 0.6 is 0 Å². The Kier molecular flexibility index (Phi) is 3.93. The highest BCUT2D eigenvalue weighted by Crippen LogP contribution is 2.57. The van der Waals surface area contributed by atoms with E-state index >= 15 is 0 Å².